The second-order valence-corrected chi connectivity index (χ2v) is 18.1. The molecule has 0 unspecified atom stereocenters. The lowest BCUT2D eigenvalue weighted by Gasteiger charge is -2.18. The lowest BCUT2D eigenvalue weighted by atomic mass is 10.1. The summed E-state index contributed by atoms with van der Waals surface area (Å²) in [5, 5.41) is 0. The van der Waals surface area contributed by atoms with E-state index in [1.54, 1.807) is 0 Å². The van der Waals surface area contributed by atoms with Gasteiger partial charge in [-0.25, -0.2) is 0 Å². The second-order valence-electron chi connectivity index (χ2n) is 18.1. The number of ether oxygens (including phenoxy) is 3. The van der Waals surface area contributed by atoms with E-state index in [1.807, 2.05) is 0 Å². The summed E-state index contributed by atoms with van der Waals surface area (Å²) in [6.45, 7) is 6.56. The van der Waals surface area contributed by atoms with Crippen LogP contribution in [-0.4, -0.2) is 37.2 Å². The highest BCUT2D eigenvalue weighted by Crippen LogP contribution is 2.15. The molecule has 1 atom stereocenters. The second kappa shape index (κ2) is 52.7. The Morgan fingerprint density at radius 2 is 0.578 bits per heavy atom. The molecule has 0 aromatic heterocycles. The molecule has 64 heavy (non-hydrogen) atoms. The quantitative estimate of drug-likeness (QED) is 0.0262. The number of hydrogen-bond donors (Lipinski definition) is 0. The van der Waals surface area contributed by atoms with Crippen LogP contribution < -0.4 is 0 Å². The van der Waals surface area contributed by atoms with Crippen molar-refractivity contribution in [2.75, 3.05) is 13.2 Å². The molecule has 6 heteroatoms. The summed E-state index contributed by atoms with van der Waals surface area (Å²) in [4.78, 5) is 38.0. The van der Waals surface area contributed by atoms with Gasteiger partial charge in [0, 0.05) is 19.3 Å². The van der Waals surface area contributed by atoms with Gasteiger partial charge in [0.1, 0.15) is 13.2 Å². The molecule has 0 aliphatic rings. The molecule has 0 bridgehead atoms. The minimum atomic E-state index is -0.801. The molecule has 6 nitrogen and oxygen atoms in total. The highest BCUT2D eigenvalue weighted by molar-refractivity contribution is 5.71. The van der Waals surface area contributed by atoms with Gasteiger partial charge in [0.2, 0.25) is 0 Å². The fraction of sp³-hybridized carbons (Fsp3) is 0.776. The van der Waals surface area contributed by atoms with E-state index >= 15 is 0 Å². The lowest BCUT2D eigenvalue weighted by molar-refractivity contribution is -0.167. The molecule has 0 rings (SSSR count). The van der Waals surface area contributed by atoms with Crippen LogP contribution in [0.5, 0.6) is 0 Å². The Balaban J connectivity index is 4.40. The predicted octanol–water partition coefficient (Wildman–Crippen LogP) is 18.0. The van der Waals surface area contributed by atoms with Crippen LogP contribution in [0.15, 0.2) is 60.8 Å². The number of hydrogen-bond acceptors (Lipinski definition) is 6. The molecule has 0 aromatic rings. The van der Waals surface area contributed by atoms with Crippen molar-refractivity contribution in [2.24, 2.45) is 0 Å². The maximum atomic E-state index is 12.8. The van der Waals surface area contributed by atoms with Gasteiger partial charge in [-0.1, -0.05) is 229 Å². The highest BCUT2D eigenvalue weighted by atomic mass is 16.6. The molecule has 0 amide bonds. The van der Waals surface area contributed by atoms with Crippen molar-refractivity contribution in [3.05, 3.63) is 60.8 Å². The van der Waals surface area contributed by atoms with Crippen molar-refractivity contribution < 1.29 is 28.6 Å². The van der Waals surface area contributed by atoms with Crippen molar-refractivity contribution in [3.8, 4) is 0 Å². The molecule has 370 valence electrons. The van der Waals surface area contributed by atoms with E-state index in [1.165, 1.54) is 161 Å². The van der Waals surface area contributed by atoms with Crippen LogP contribution >= 0.6 is 0 Å². The number of carbonyl (C=O) groups is 3. The first-order valence-corrected chi connectivity index (χ1v) is 27.3. The molecule has 0 heterocycles. The summed E-state index contributed by atoms with van der Waals surface area (Å²) in [6.07, 6.45) is 65.0. The molecule has 0 spiro atoms. The maximum absolute atomic E-state index is 12.8. The van der Waals surface area contributed by atoms with Gasteiger partial charge in [0.25, 0.3) is 0 Å². The van der Waals surface area contributed by atoms with Crippen molar-refractivity contribution in [2.45, 2.75) is 277 Å². The average Bonchev–Trinajstić information content (AvgIpc) is 3.29. The summed E-state index contributed by atoms with van der Waals surface area (Å²) in [7, 11) is 0. The molecule has 0 saturated heterocycles. The molecule has 0 fully saturated rings. The van der Waals surface area contributed by atoms with E-state index in [0.29, 0.717) is 19.3 Å². The Morgan fingerprint density at radius 3 is 0.969 bits per heavy atom. The number of carbonyl (C=O) groups excluding carboxylic acids is 3. The average molecular weight is 895 g/mol. The monoisotopic (exact) mass is 895 g/mol. The third kappa shape index (κ3) is 50.1. The summed E-state index contributed by atoms with van der Waals surface area (Å²) in [5.41, 5.74) is 0. The Kier molecular flexibility index (Phi) is 50.4. The summed E-state index contributed by atoms with van der Waals surface area (Å²) in [6, 6.07) is 0. The van der Waals surface area contributed by atoms with Gasteiger partial charge in [-0.15, -0.1) is 0 Å². The van der Waals surface area contributed by atoms with Gasteiger partial charge < -0.3 is 14.2 Å². The van der Waals surface area contributed by atoms with Crippen LogP contribution in [-0.2, 0) is 28.6 Å². The van der Waals surface area contributed by atoms with E-state index < -0.39 is 6.10 Å². The smallest absolute Gasteiger partial charge is 0.306 e. The predicted molar refractivity (Wildman–Crippen MR) is 275 cm³/mol. The zero-order valence-corrected chi connectivity index (χ0v) is 42.3. The van der Waals surface area contributed by atoms with Gasteiger partial charge in [-0.2, -0.15) is 0 Å². The van der Waals surface area contributed by atoms with Gasteiger partial charge in [-0.05, 0) is 83.5 Å². The van der Waals surface area contributed by atoms with Gasteiger partial charge in [0.15, 0.2) is 6.10 Å². The van der Waals surface area contributed by atoms with Crippen LogP contribution in [0.25, 0.3) is 0 Å². The van der Waals surface area contributed by atoms with E-state index in [0.717, 1.165) is 64.2 Å². The first kappa shape index (κ1) is 61.1. The van der Waals surface area contributed by atoms with E-state index in [4.69, 9.17) is 14.2 Å². The summed E-state index contributed by atoms with van der Waals surface area (Å²) < 4.78 is 16.8. The van der Waals surface area contributed by atoms with Gasteiger partial charge >= 0.3 is 17.9 Å². The number of esters is 3. The van der Waals surface area contributed by atoms with E-state index in [2.05, 4.69) is 81.5 Å². The fourth-order valence-corrected chi connectivity index (χ4v) is 7.61. The fourth-order valence-electron chi connectivity index (χ4n) is 7.61. The molecular formula is C58H102O6. The topological polar surface area (TPSA) is 78.9 Å². The number of allylic oxidation sites excluding steroid dienone is 10. The van der Waals surface area contributed by atoms with Crippen LogP contribution in [0.2, 0.25) is 0 Å². The lowest BCUT2D eigenvalue weighted by Crippen LogP contribution is -2.30. The van der Waals surface area contributed by atoms with Crippen molar-refractivity contribution in [1.82, 2.24) is 0 Å². The number of unbranched alkanes of at least 4 members (excludes halogenated alkanes) is 28. The first-order chi connectivity index (χ1) is 31.5. The Labute approximate surface area is 396 Å². The molecule has 0 aliphatic heterocycles. The molecule has 0 saturated carbocycles. The van der Waals surface area contributed by atoms with Crippen molar-refractivity contribution in [3.63, 3.8) is 0 Å². The first-order valence-electron chi connectivity index (χ1n) is 27.3. The molecule has 0 N–H and O–H groups in total. The van der Waals surface area contributed by atoms with Crippen LogP contribution in [0.1, 0.15) is 271 Å². The van der Waals surface area contributed by atoms with Crippen LogP contribution in [0.3, 0.4) is 0 Å². The molecule has 0 aromatic carbocycles. The molecule has 0 aliphatic carbocycles. The van der Waals surface area contributed by atoms with Crippen molar-refractivity contribution >= 4 is 17.9 Å². The highest BCUT2D eigenvalue weighted by Gasteiger charge is 2.19. The Morgan fingerprint density at radius 1 is 0.312 bits per heavy atom. The largest absolute Gasteiger partial charge is 0.462 e. The normalized spacial score (nSPS) is 12.5. The zero-order chi connectivity index (χ0) is 46.5. The standard InChI is InChI=1S/C58H102O6/c1-4-7-10-13-16-19-22-24-26-28-29-31-32-34-36-39-42-45-48-51-57(60)63-54-55(53-62-56(59)50-47-44-41-38-21-18-15-12-9-6-3)64-58(61)52-49-46-43-40-37-35-33-30-27-25-23-20-17-14-11-8-5-2/h17,20,25,27-29,33,35,40,43,55H,4-16,18-19,21-24,26,30-32,34,36-39,41-42,44-54H2,1-3H3/b20-17-,27-25-,29-28-,35-33-,43-40-/t55-/m1/s1. The van der Waals surface area contributed by atoms with Gasteiger partial charge in [-0.3, -0.25) is 14.4 Å². The van der Waals surface area contributed by atoms with Crippen molar-refractivity contribution in [1.29, 1.82) is 0 Å². The Hall–Kier alpha value is -2.89. The minimum absolute atomic E-state index is 0.0954. The zero-order valence-electron chi connectivity index (χ0n) is 42.3. The van der Waals surface area contributed by atoms with Crippen LogP contribution in [0.4, 0.5) is 0 Å². The summed E-state index contributed by atoms with van der Waals surface area (Å²) >= 11 is 0. The third-order valence-corrected chi connectivity index (χ3v) is 11.7. The molecule has 0 radical (unpaired) electrons. The van der Waals surface area contributed by atoms with Crippen LogP contribution in [0, 0.1) is 0 Å². The van der Waals surface area contributed by atoms with Gasteiger partial charge in [0.05, 0.1) is 0 Å². The SMILES string of the molecule is CCCCC/C=C\C/C=C\C/C=C\C/C=C\CCCC(=O)O[C@@H](COC(=O)CCCCCCCCC/C=C\CCCCCCCCCC)COC(=O)CCCCCCCCCCCC. The van der Waals surface area contributed by atoms with E-state index in [-0.39, 0.29) is 37.5 Å². The number of rotatable bonds is 49. The minimum Gasteiger partial charge on any atom is -0.462 e. The Bertz CT molecular complexity index is 1170. The maximum Gasteiger partial charge on any atom is 0.306 e. The molecular weight excluding hydrogens is 793 g/mol. The third-order valence-electron chi connectivity index (χ3n) is 11.7. The summed E-state index contributed by atoms with van der Waals surface area (Å²) in [5.74, 6) is -0.951. The van der Waals surface area contributed by atoms with E-state index in [9.17, 15) is 14.4 Å².